The van der Waals surface area contributed by atoms with E-state index in [1.165, 1.54) is 76.2 Å². The molecule has 2 aromatic carbocycles. The molecule has 0 unspecified atom stereocenters. The third kappa shape index (κ3) is 8.24. The van der Waals surface area contributed by atoms with Gasteiger partial charge in [-0.25, -0.2) is 0 Å². The molecule has 0 heteroatoms. The minimum Gasteiger partial charge on any atom is -0.0979 e. The normalized spacial score (nSPS) is 17.7. The minimum atomic E-state index is 0.745. The van der Waals surface area contributed by atoms with Crippen molar-refractivity contribution in [1.82, 2.24) is 0 Å². The third-order valence-corrected chi connectivity index (χ3v) is 6.82. The molecule has 0 N–H and O–H groups in total. The van der Waals surface area contributed by atoms with Crippen molar-refractivity contribution in [3.63, 3.8) is 0 Å². The summed E-state index contributed by atoms with van der Waals surface area (Å²) in [7, 11) is 0. The molecule has 0 atom stereocenters. The van der Waals surface area contributed by atoms with Crippen LogP contribution in [0.3, 0.4) is 0 Å². The topological polar surface area (TPSA) is 0 Å². The molecule has 1 aliphatic carbocycles. The van der Waals surface area contributed by atoms with Crippen molar-refractivity contribution >= 4 is 0 Å². The summed E-state index contributed by atoms with van der Waals surface area (Å²) in [6, 6.07) is 17.3. The van der Waals surface area contributed by atoms with Gasteiger partial charge < -0.3 is 0 Å². The van der Waals surface area contributed by atoms with E-state index in [2.05, 4.69) is 86.1 Å². The van der Waals surface area contributed by atoms with E-state index < -0.39 is 0 Å². The Morgan fingerprint density at radius 1 is 0.625 bits per heavy atom. The summed E-state index contributed by atoms with van der Waals surface area (Å²) in [5.74, 6) is 14.9. The van der Waals surface area contributed by atoms with Crippen LogP contribution in [0.4, 0.5) is 0 Å². The number of benzene rings is 2. The van der Waals surface area contributed by atoms with Crippen molar-refractivity contribution in [2.45, 2.75) is 96.8 Å². The van der Waals surface area contributed by atoms with Gasteiger partial charge >= 0.3 is 0 Å². The fraction of sp³-hybridized carbons (Fsp3) is 0.500. The Balaban J connectivity index is 1.48. The van der Waals surface area contributed by atoms with Crippen LogP contribution < -0.4 is 0 Å². The molecule has 1 aliphatic rings. The first kappa shape index (κ1) is 24.2. The summed E-state index contributed by atoms with van der Waals surface area (Å²) in [5, 5.41) is 0. The third-order valence-electron chi connectivity index (χ3n) is 6.82. The SMILES string of the molecule is CCCCCC#Cc1ccc(C#Cc2ccc([C@H]3CC[C@H](CCCCC)CC3)cc2)cc1. The highest BCUT2D eigenvalue weighted by Crippen LogP contribution is 2.37. The van der Waals surface area contributed by atoms with E-state index in [9.17, 15) is 0 Å². The molecule has 0 amide bonds. The Morgan fingerprint density at radius 2 is 1.16 bits per heavy atom. The number of unbranched alkanes of at least 4 members (excludes halogenated alkanes) is 5. The van der Waals surface area contributed by atoms with Crippen LogP contribution in [0.15, 0.2) is 48.5 Å². The van der Waals surface area contributed by atoms with Gasteiger partial charge in [0.15, 0.2) is 0 Å². The Labute approximate surface area is 197 Å². The van der Waals surface area contributed by atoms with Gasteiger partial charge in [-0.3, -0.25) is 0 Å². The van der Waals surface area contributed by atoms with Gasteiger partial charge in [0, 0.05) is 23.1 Å². The van der Waals surface area contributed by atoms with Gasteiger partial charge in [-0.15, -0.1) is 0 Å². The van der Waals surface area contributed by atoms with Gasteiger partial charge in [0.2, 0.25) is 0 Å². The van der Waals surface area contributed by atoms with Crippen molar-refractivity contribution in [1.29, 1.82) is 0 Å². The van der Waals surface area contributed by atoms with Crippen LogP contribution in [0, 0.1) is 29.6 Å². The highest BCUT2D eigenvalue weighted by atomic mass is 14.3. The molecule has 0 nitrogen and oxygen atoms in total. The summed E-state index contributed by atoms with van der Waals surface area (Å²) >= 11 is 0. The van der Waals surface area contributed by atoms with Gasteiger partial charge in [0.1, 0.15) is 0 Å². The lowest BCUT2D eigenvalue weighted by Crippen LogP contribution is -2.13. The van der Waals surface area contributed by atoms with Gasteiger partial charge in [-0.1, -0.05) is 88.2 Å². The van der Waals surface area contributed by atoms with Gasteiger partial charge in [0.25, 0.3) is 0 Å². The molecule has 0 aromatic heterocycles. The molecule has 0 radical (unpaired) electrons. The molecule has 32 heavy (non-hydrogen) atoms. The fourth-order valence-corrected chi connectivity index (χ4v) is 4.72. The first-order chi connectivity index (χ1) is 15.8. The van der Waals surface area contributed by atoms with Crippen molar-refractivity contribution in [2.75, 3.05) is 0 Å². The van der Waals surface area contributed by atoms with Crippen molar-refractivity contribution in [2.24, 2.45) is 5.92 Å². The molecule has 2 aromatic rings. The lowest BCUT2D eigenvalue weighted by atomic mass is 9.77. The lowest BCUT2D eigenvalue weighted by molar-refractivity contribution is 0.303. The van der Waals surface area contributed by atoms with Crippen LogP contribution in [0.5, 0.6) is 0 Å². The molecule has 0 spiro atoms. The predicted octanol–water partition coefficient (Wildman–Crippen LogP) is 8.87. The molecular weight excluding hydrogens is 384 g/mol. The van der Waals surface area contributed by atoms with Gasteiger partial charge in [0.05, 0.1) is 0 Å². The Morgan fingerprint density at radius 3 is 1.75 bits per heavy atom. The zero-order chi connectivity index (χ0) is 22.4. The highest BCUT2D eigenvalue weighted by Gasteiger charge is 2.21. The van der Waals surface area contributed by atoms with Crippen LogP contribution in [-0.2, 0) is 0 Å². The second-order valence-corrected chi connectivity index (χ2v) is 9.42. The summed E-state index contributed by atoms with van der Waals surface area (Å²) < 4.78 is 0. The maximum atomic E-state index is 3.33. The molecule has 0 saturated heterocycles. The minimum absolute atomic E-state index is 0.745. The fourth-order valence-electron chi connectivity index (χ4n) is 4.72. The average molecular weight is 425 g/mol. The standard InChI is InChI=1S/C32H40/c1-3-5-7-8-10-12-27-13-15-29(16-14-27)17-18-30-21-25-32(26-22-30)31-23-19-28(20-24-31)11-9-6-4-2/h13-16,21-22,25-26,28,31H,3-9,11,19-20,23-24H2,1-2H3/t28-,31-. The van der Waals surface area contributed by atoms with E-state index in [4.69, 9.17) is 0 Å². The first-order valence-electron chi connectivity index (χ1n) is 13.0. The second-order valence-electron chi connectivity index (χ2n) is 9.42. The number of hydrogen-bond donors (Lipinski definition) is 0. The van der Waals surface area contributed by atoms with E-state index >= 15 is 0 Å². The molecule has 0 bridgehead atoms. The largest absolute Gasteiger partial charge is 0.0979 e. The predicted molar refractivity (Wildman–Crippen MR) is 139 cm³/mol. The molecule has 0 aliphatic heterocycles. The summed E-state index contributed by atoms with van der Waals surface area (Å²) in [4.78, 5) is 0. The quantitative estimate of drug-likeness (QED) is 0.293. The maximum Gasteiger partial charge on any atom is 0.0249 e. The molecule has 0 heterocycles. The molecular formula is C32H40. The number of rotatable bonds is 8. The van der Waals surface area contributed by atoms with Crippen LogP contribution >= 0.6 is 0 Å². The smallest absolute Gasteiger partial charge is 0.0249 e. The summed E-state index contributed by atoms with van der Waals surface area (Å²) in [6.45, 7) is 4.52. The molecule has 1 fully saturated rings. The average Bonchev–Trinajstić information content (AvgIpc) is 2.84. The van der Waals surface area contributed by atoms with Crippen molar-refractivity contribution in [3.8, 4) is 23.7 Å². The van der Waals surface area contributed by atoms with Crippen molar-refractivity contribution in [3.05, 3.63) is 70.8 Å². The first-order valence-corrected chi connectivity index (χ1v) is 13.0. The van der Waals surface area contributed by atoms with Crippen molar-refractivity contribution < 1.29 is 0 Å². The van der Waals surface area contributed by atoms with E-state index in [1.807, 2.05) is 0 Å². The molecule has 1 saturated carbocycles. The summed E-state index contributed by atoms with van der Waals surface area (Å²) in [5.41, 5.74) is 4.73. The van der Waals surface area contributed by atoms with E-state index in [1.54, 1.807) is 0 Å². The van der Waals surface area contributed by atoms with Crippen LogP contribution in [-0.4, -0.2) is 0 Å². The molecule has 168 valence electrons. The Hall–Kier alpha value is -2.44. The van der Waals surface area contributed by atoms with Gasteiger partial charge in [-0.05, 0) is 85.9 Å². The van der Waals surface area contributed by atoms with E-state index in [0.717, 1.165) is 34.9 Å². The summed E-state index contributed by atoms with van der Waals surface area (Å²) in [6.07, 6.45) is 15.9. The van der Waals surface area contributed by atoms with Gasteiger partial charge in [-0.2, -0.15) is 0 Å². The second kappa shape index (κ2) is 13.9. The maximum absolute atomic E-state index is 3.33. The zero-order valence-corrected chi connectivity index (χ0v) is 20.3. The van der Waals surface area contributed by atoms with E-state index in [0.29, 0.717) is 0 Å². The molecule has 3 rings (SSSR count). The van der Waals surface area contributed by atoms with Crippen LogP contribution in [0.1, 0.15) is 119 Å². The van der Waals surface area contributed by atoms with E-state index in [-0.39, 0.29) is 0 Å². The number of hydrogen-bond acceptors (Lipinski definition) is 0. The van der Waals surface area contributed by atoms with Crippen LogP contribution in [0.2, 0.25) is 0 Å². The Kier molecular flexibility index (Phi) is 10.5. The Bertz CT molecular complexity index is 900. The zero-order valence-electron chi connectivity index (χ0n) is 20.3. The highest BCUT2D eigenvalue weighted by molar-refractivity contribution is 5.46. The lowest BCUT2D eigenvalue weighted by Gasteiger charge is -2.29. The monoisotopic (exact) mass is 424 g/mol. The van der Waals surface area contributed by atoms with Crippen LogP contribution in [0.25, 0.3) is 0 Å².